The number of esters is 1. The van der Waals surface area contributed by atoms with Crippen molar-refractivity contribution in [3.05, 3.63) is 23.3 Å². The molecule has 5 rings (SSSR count). The van der Waals surface area contributed by atoms with E-state index in [1.807, 2.05) is 13.0 Å². The number of allylic oxidation sites excluding steroid dienone is 1. The van der Waals surface area contributed by atoms with Gasteiger partial charge in [0.1, 0.15) is 23.4 Å². The Morgan fingerprint density at radius 1 is 1.05 bits per heavy atom. The van der Waals surface area contributed by atoms with Gasteiger partial charge in [0.15, 0.2) is 11.6 Å². The normalized spacial score (nSPS) is 41.0. The number of rotatable bonds is 11. The predicted octanol–water partition coefficient (Wildman–Crippen LogP) is 6.20. The van der Waals surface area contributed by atoms with Crippen molar-refractivity contribution in [2.24, 2.45) is 28.6 Å². The molecule has 0 amide bonds. The first-order chi connectivity index (χ1) is 19.7. The van der Waals surface area contributed by atoms with Crippen LogP contribution in [0.5, 0.6) is 0 Å². The van der Waals surface area contributed by atoms with Crippen molar-refractivity contribution in [1.29, 1.82) is 0 Å². The standard InChI is InChI=1S/C35H54O7/c1-8-9-10-11-12-13-14-15-16-17-26(36)41-34-20-23(3)33-19-22(2)28(37)35(33,39)30-24(21-40-32(6,7)42-30)18-25(29(33)38)27(34)31(34,4)5/h18-19,23,25,27-28,30,37,39H,8-17,20-21H2,1-7H3/t23-,25+,27-,28+,30-,33+,34+,35-/m1/s1. The van der Waals surface area contributed by atoms with Gasteiger partial charge in [-0.1, -0.05) is 91.2 Å². The first kappa shape index (κ1) is 31.9. The Morgan fingerprint density at radius 3 is 2.31 bits per heavy atom. The number of carbonyl (C=O) groups excluding carboxylic acids is 2. The monoisotopic (exact) mass is 586 g/mol. The number of carbonyl (C=O) groups is 2. The maximum Gasteiger partial charge on any atom is 0.306 e. The van der Waals surface area contributed by atoms with Gasteiger partial charge in [-0.3, -0.25) is 9.59 Å². The Morgan fingerprint density at radius 2 is 1.67 bits per heavy atom. The lowest BCUT2D eigenvalue weighted by molar-refractivity contribution is -0.303. The van der Waals surface area contributed by atoms with Crippen molar-refractivity contribution in [3.8, 4) is 0 Å². The smallest absolute Gasteiger partial charge is 0.306 e. The van der Waals surface area contributed by atoms with E-state index in [9.17, 15) is 19.8 Å². The Hall–Kier alpha value is -1.54. The molecule has 8 atom stereocenters. The van der Waals surface area contributed by atoms with Crippen molar-refractivity contribution in [3.63, 3.8) is 0 Å². The van der Waals surface area contributed by atoms with Crippen LogP contribution in [0.15, 0.2) is 23.3 Å². The molecule has 5 aliphatic rings. The number of aliphatic hydroxyl groups is 2. The topological polar surface area (TPSA) is 102 Å². The Kier molecular flexibility index (Phi) is 8.44. The van der Waals surface area contributed by atoms with E-state index < -0.39 is 51.9 Å². The van der Waals surface area contributed by atoms with Crippen molar-refractivity contribution in [2.75, 3.05) is 6.61 Å². The molecule has 0 aromatic heterocycles. The van der Waals surface area contributed by atoms with Crippen molar-refractivity contribution < 1.29 is 34.0 Å². The maximum absolute atomic E-state index is 14.8. The molecular formula is C35H54O7. The minimum Gasteiger partial charge on any atom is -0.458 e. The van der Waals surface area contributed by atoms with Crippen LogP contribution in [0.2, 0.25) is 0 Å². The molecule has 4 aliphatic carbocycles. The molecule has 7 heteroatoms. The highest BCUT2D eigenvalue weighted by Crippen LogP contribution is 2.75. The molecule has 2 bridgehead atoms. The lowest BCUT2D eigenvalue weighted by Crippen LogP contribution is -2.67. The number of hydrogen-bond acceptors (Lipinski definition) is 7. The third-order valence-electron chi connectivity index (χ3n) is 11.6. The van der Waals surface area contributed by atoms with E-state index >= 15 is 0 Å². The molecular weight excluding hydrogens is 532 g/mol. The minimum atomic E-state index is -1.89. The molecule has 0 unspecified atom stereocenters. The molecule has 7 nitrogen and oxygen atoms in total. The second-order valence-corrected chi connectivity index (χ2v) is 15.0. The highest BCUT2D eigenvalue weighted by molar-refractivity contribution is 5.96. The summed E-state index contributed by atoms with van der Waals surface area (Å²) in [6.07, 6.45) is 13.0. The van der Waals surface area contributed by atoms with Gasteiger partial charge in [0.05, 0.1) is 12.0 Å². The molecule has 1 spiro atoms. The zero-order chi connectivity index (χ0) is 30.7. The first-order valence-electron chi connectivity index (χ1n) is 16.6. The van der Waals surface area contributed by atoms with Gasteiger partial charge in [-0.05, 0) is 50.7 Å². The van der Waals surface area contributed by atoms with Gasteiger partial charge in [0.25, 0.3) is 0 Å². The largest absolute Gasteiger partial charge is 0.458 e. The van der Waals surface area contributed by atoms with Gasteiger partial charge in [-0.15, -0.1) is 0 Å². The van der Waals surface area contributed by atoms with Gasteiger partial charge in [0.2, 0.25) is 0 Å². The van der Waals surface area contributed by atoms with E-state index in [0.29, 0.717) is 24.0 Å². The summed E-state index contributed by atoms with van der Waals surface area (Å²) < 4.78 is 18.8. The van der Waals surface area contributed by atoms with Crippen LogP contribution in [-0.4, -0.2) is 57.8 Å². The number of ether oxygens (including phenoxy) is 3. The van der Waals surface area contributed by atoms with Crippen LogP contribution in [-0.2, 0) is 23.8 Å². The zero-order valence-corrected chi connectivity index (χ0v) is 27.0. The molecule has 3 fully saturated rings. The lowest BCUT2D eigenvalue weighted by Gasteiger charge is -2.52. The van der Waals surface area contributed by atoms with Gasteiger partial charge >= 0.3 is 5.97 Å². The summed E-state index contributed by atoms with van der Waals surface area (Å²) in [7, 11) is 0. The van der Waals surface area contributed by atoms with E-state index in [-0.39, 0.29) is 24.3 Å². The summed E-state index contributed by atoms with van der Waals surface area (Å²) in [5.41, 5.74) is -3.27. The van der Waals surface area contributed by atoms with E-state index in [2.05, 4.69) is 20.8 Å². The van der Waals surface area contributed by atoms with Crippen LogP contribution in [0, 0.1) is 28.6 Å². The number of aliphatic hydroxyl groups excluding tert-OH is 1. The van der Waals surface area contributed by atoms with Crippen LogP contribution in [0.1, 0.15) is 119 Å². The molecule has 2 N–H and O–H groups in total. The van der Waals surface area contributed by atoms with Crippen molar-refractivity contribution in [1.82, 2.24) is 0 Å². The van der Waals surface area contributed by atoms with Crippen LogP contribution in [0.4, 0.5) is 0 Å². The molecule has 1 aliphatic heterocycles. The number of hydrogen-bond donors (Lipinski definition) is 2. The Labute approximate surface area is 252 Å². The van der Waals surface area contributed by atoms with Gasteiger partial charge in [-0.2, -0.15) is 0 Å². The van der Waals surface area contributed by atoms with Crippen LogP contribution in [0.3, 0.4) is 0 Å². The van der Waals surface area contributed by atoms with Crippen molar-refractivity contribution >= 4 is 11.8 Å². The third kappa shape index (κ3) is 4.67. The summed E-state index contributed by atoms with van der Waals surface area (Å²) in [4.78, 5) is 28.1. The number of unbranched alkanes of at least 4 members (excludes halogenated alkanes) is 8. The van der Waals surface area contributed by atoms with Gasteiger partial charge < -0.3 is 24.4 Å². The second kappa shape index (κ2) is 11.1. The number of Topliss-reactive ketones (excluding diaryl/α,β-unsaturated/α-hetero) is 1. The zero-order valence-electron chi connectivity index (χ0n) is 27.0. The molecule has 0 radical (unpaired) electrons. The van der Waals surface area contributed by atoms with Crippen LogP contribution < -0.4 is 0 Å². The summed E-state index contributed by atoms with van der Waals surface area (Å²) in [5.74, 6) is -2.54. The second-order valence-electron chi connectivity index (χ2n) is 15.0. The molecule has 1 saturated heterocycles. The first-order valence-corrected chi connectivity index (χ1v) is 16.6. The molecule has 1 heterocycles. The molecule has 0 aromatic rings. The van der Waals surface area contributed by atoms with E-state index in [4.69, 9.17) is 14.2 Å². The summed E-state index contributed by atoms with van der Waals surface area (Å²) >= 11 is 0. The Balaban J connectivity index is 1.38. The van der Waals surface area contributed by atoms with Crippen molar-refractivity contribution in [2.45, 2.75) is 148 Å². The summed E-state index contributed by atoms with van der Waals surface area (Å²) in [6, 6.07) is 0. The summed E-state index contributed by atoms with van der Waals surface area (Å²) in [6.45, 7) is 13.9. The average molecular weight is 587 g/mol. The fourth-order valence-corrected chi connectivity index (χ4v) is 9.27. The fourth-order valence-electron chi connectivity index (χ4n) is 9.27. The molecule has 42 heavy (non-hydrogen) atoms. The summed E-state index contributed by atoms with van der Waals surface area (Å²) in [5, 5.41) is 24.1. The Bertz CT molecular complexity index is 1140. The SMILES string of the molecule is CCCCCCCCCCCC(=O)O[C@@]12C[C@@H](C)[C@]34C=C(C)[C@H](O)[C@@]3(O)[C@@H]3OC(C)(C)OCC3=C[C@H](C4=O)[C@@H]1C2(C)C. The minimum absolute atomic E-state index is 0.121. The van der Waals surface area contributed by atoms with E-state index in [0.717, 1.165) is 19.3 Å². The lowest BCUT2D eigenvalue weighted by atomic mass is 9.58. The number of ketones is 1. The van der Waals surface area contributed by atoms with Crippen LogP contribution in [0.25, 0.3) is 0 Å². The molecule has 2 saturated carbocycles. The molecule has 236 valence electrons. The quantitative estimate of drug-likeness (QED) is 0.169. The fraction of sp³-hybridized carbons (Fsp3) is 0.829. The predicted molar refractivity (Wildman–Crippen MR) is 160 cm³/mol. The number of fused-ring (bicyclic) bond motifs is 5. The highest BCUT2D eigenvalue weighted by atomic mass is 16.7. The van der Waals surface area contributed by atoms with Gasteiger partial charge in [-0.25, -0.2) is 0 Å². The molecule has 0 aromatic carbocycles. The van der Waals surface area contributed by atoms with E-state index in [1.165, 1.54) is 38.5 Å². The maximum atomic E-state index is 14.8. The van der Waals surface area contributed by atoms with Crippen LogP contribution >= 0.6 is 0 Å². The average Bonchev–Trinajstić information content (AvgIpc) is 3.33. The van der Waals surface area contributed by atoms with E-state index in [1.54, 1.807) is 26.8 Å². The van der Waals surface area contributed by atoms with Gasteiger partial charge in [0, 0.05) is 23.7 Å². The third-order valence-corrected chi connectivity index (χ3v) is 11.6. The highest BCUT2D eigenvalue weighted by Gasteiger charge is 2.83.